The summed E-state index contributed by atoms with van der Waals surface area (Å²) in [5.74, 6) is -12.5. The predicted molar refractivity (Wildman–Crippen MR) is 220 cm³/mol. The minimum atomic E-state index is -2.22. The molecule has 0 radical (unpaired) electrons. The van der Waals surface area contributed by atoms with Crippen molar-refractivity contribution in [2.45, 2.75) is 43.1 Å². The first-order valence-corrected chi connectivity index (χ1v) is 17.2. The van der Waals surface area contributed by atoms with Gasteiger partial charge in [0.15, 0.2) is 30.0 Å². The molecule has 0 saturated heterocycles. The van der Waals surface area contributed by atoms with Crippen LogP contribution in [0.3, 0.4) is 0 Å². The number of nitro benzene ring substituents is 1. The molecule has 0 saturated carbocycles. The molecule has 0 fully saturated rings. The average molecular weight is 885 g/mol. The standard InChI is InChI=1S/C31H44N22O10/c32-15(16(33)54)44-22(56)17(49-28(34)35)46-24(58)19(51-30(38)39)48-25(59)20(52-31(40)41)47-23(57)18(50-29(36)37)45-21(55)14(11-6-2-1-3-7-11)43-27(61)26(60)42-10-12-8-4-5-9-13(12)53(62)63/h1-10,14-15,17-20,26,60H,32H2,(H2,33,54)(H,43,61)(H,44,56)(H,45,55)(H,46,58)(H,47,57)(H,48,59)(H4,34,35,49)(H4,36,37,50)(H4,38,39,51)(H4,40,41,52)/b42-10+. The van der Waals surface area contributed by atoms with E-state index in [2.05, 4.69) is 35.6 Å². The number of guanidine groups is 4. The Morgan fingerprint density at radius 3 is 1.33 bits per heavy atom. The second-order valence-corrected chi connectivity index (χ2v) is 12.1. The number of nitro groups is 1. The molecule has 32 heteroatoms. The Balaban J connectivity index is 2.41. The third-order valence-corrected chi connectivity index (χ3v) is 7.23. The van der Waals surface area contributed by atoms with Gasteiger partial charge in [-0.3, -0.25) is 48.7 Å². The predicted octanol–water partition coefficient (Wildman–Crippen LogP) is -10.1. The van der Waals surface area contributed by atoms with E-state index < -0.39 is 113 Å². The fourth-order valence-corrected chi connectivity index (χ4v) is 4.53. The Bertz CT molecular complexity index is 2180. The summed E-state index contributed by atoms with van der Waals surface area (Å²) in [4.78, 5) is 120. The van der Waals surface area contributed by atoms with Crippen LogP contribution in [0.15, 0.2) is 79.6 Å². The molecule has 2 aromatic carbocycles. The topological polar surface area (TPSA) is 577 Å². The quantitative estimate of drug-likeness (QED) is 0.0182. The molecular formula is C31H44N22O10. The molecule has 7 atom stereocenters. The Morgan fingerprint density at radius 1 is 0.556 bits per heavy atom. The molecular weight excluding hydrogens is 840 g/mol. The number of carbonyl (C=O) groups is 7. The highest BCUT2D eigenvalue weighted by Crippen LogP contribution is 2.17. The van der Waals surface area contributed by atoms with Crippen molar-refractivity contribution in [3.8, 4) is 0 Å². The van der Waals surface area contributed by atoms with E-state index in [1.807, 2.05) is 21.3 Å². The van der Waals surface area contributed by atoms with Crippen molar-refractivity contribution < 1.29 is 43.6 Å². The number of aliphatic hydroxyl groups is 1. The van der Waals surface area contributed by atoms with Crippen LogP contribution in [0.5, 0.6) is 0 Å². The van der Waals surface area contributed by atoms with Crippen molar-refractivity contribution >= 4 is 77.1 Å². The Labute approximate surface area is 353 Å². The van der Waals surface area contributed by atoms with E-state index in [9.17, 15) is 48.8 Å². The number of benzene rings is 2. The fourth-order valence-electron chi connectivity index (χ4n) is 4.53. The van der Waals surface area contributed by atoms with Crippen LogP contribution in [0.1, 0.15) is 17.2 Å². The second kappa shape index (κ2) is 23.4. The zero-order valence-corrected chi connectivity index (χ0v) is 32.4. The summed E-state index contributed by atoms with van der Waals surface area (Å²) < 4.78 is 0. The van der Waals surface area contributed by atoms with Gasteiger partial charge in [0.25, 0.3) is 41.1 Å². The molecule has 0 aliphatic heterocycles. The van der Waals surface area contributed by atoms with Crippen LogP contribution in [0.4, 0.5) is 5.69 Å². The van der Waals surface area contributed by atoms with Crippen LogP contribution in [0.2, 0.25) is 0 Å². The minimum absolute atomic E-state index is 0.0645. The van der Waals surface area contributed by atoms with Gasteiger partial charge in [0.2, 0.25) is 36.8 Å². The summed E-state index contributed by atoms with van der Waals surface area (Å²) >= 11 is 0. The summed E-state index contributed by atoms with van der Waals surface area (Å²) in [6.07, 6.45) is -11.7. The van der Waals surface area contributed by atoms with Crippen LogP contribution >= 0.6 is 0 Å². The number of primary amides is 1. The van der Waals surface area contributed by atoms with Gasteiger partial charge in [0.1, 0.15) is 6.04 Å². The minimum Gasteiger partial charge on any atom is -0.370 e. The number of amides is 7. The normalized spacial score (nSPS) is 13.9. The molecule has 0 bridgehead atoms. The molecule has 7 unspecified atom stereocenters. The molecule has 2 rings (SSSR count). The number of nitrogens with two attached hydrogens (primary N) is 10. The maximum Gasteiger partial charge on any atom is 0.278 e. The zero-order valence-electron chi connectivity index (χ0n) is 32.4. The number of nitrogens with one attached hydrogen (secondary N) is 6. The summed E-state index contributed by atoms with van der Waals surface area (Å²) in [6, 6.07) is 10.8. The zero-order chi connectivity index (χ0) is 47.6. The lowest BCUT2D eigenvalue weighted by atomic mass is 10.1. The number of hydrogen-bond donors (Lipinski definition) is 17. The lowest BCUT2D eigenvalue weighted by molar-refractivity contribution is -0.385. The van der Waals surface area contributed by atoms with E-state index in [0.29, 0.717) is 0 Å². The van der Waals surface area contributed by atoms with Crippen molar-refractivity contribution in [3.63, 3.8) is 0 Å². The number of nitrogens with zero attached hydrogens (tertiary/aromatic N) is 6. The van der Waals surface area contributed by atoms with E-state index in [1.165, 1.54) is 42.5 Å². The second-order valence-electron chi connectivity index (χ2n) is 12.1. The molecule has 0 aliphatic rings. The van der Waals surface area contributed by atoms with E-state index in [-0.39, 0.29) is 16.8 Å². The van der Waals surface area contributed by atoms with Gasteiger partial charge >= 0.3 is 0 Å². The summed E-state index contributed by atoms with van der Waals surface area (Å²) in [6.45, 7) is 0. The monoisotopic (exact) mass is 884 g/mol. The number of hydrogen-bond acceptors (Lipinski definition) is 16. The summed E-state index contributed by atoms with van der Waals surface area (Å²) in [7, 11) is 0. The highest BCUT2D eigenvalue weighted by atomic mass is 16.6. The Hall–Kier alpha value is -9.20. The van der Waals surface area contributed by atoms with Gasteiger partial charge in [-0.05, 0) is 11.6 Å². The number of para-hydroxylation sites is 1. The van der Waals surface area contributed by atoms with Gasteiger partial charge in [0.05, 0.1) is 10.5 Å². The number of carbonyl (C=O) groups excluding carboxylic acids is 7. The van der Waals surface area contributed by atoms with Crippen molar-refractivity contribution in [1.82, 2.24) is 31.9 Å². The SMILES string of the molecule is NC(=O)C(N)NC(=O)C(N=C(N)N)NC(=O)C(N=C(N)N)NC(=O)C(N=C(N)N)NC(=O)C(N=C(N)N)NC(=O)C(NC(=O)C(O)/N=C/c1ccccc1[N+](=O)[O-])c1ccccc1. The first kappa shape index (κ1) is 49.9. The summed E-state index contributed by atoms with van der Waals surface area (Å²) in [5, 5.41) is 34.1. The van der Waals surface area contributed by atoms with Gasteiger partial charge < -0.3 is 94.3 Å². The number of rotatable bonds is 21. The van der Waals surface area contributed by atoms with Crippen molar-refractivity contribution in [1.29, 1.82) is 0 Å². The molecule has 32 nitrogen and oxygen atoms in total. The van der Waals surface area contributed by atoms with Crippen LogP contribution < -0.4 is 89.2 Å². The largest absolute Gasteiger partial charge is 0.370 e. The van der Waals surface area contributed by atoms with Gasteiger partial charge in [-0.15, -0.1) is 0 Å². The molecule has 0 heterocycles. The third kappa shape index (κ3) is 16.5. The van der Waals surface area contributed by atoms with E-state index in [0.717, 1.165) is 12.3 Å². The van der Waals surface area contributed by atoms with E-state index in [4.69, 9.17) is 57.3 Å². The van der Waals surface area contributed by atoms with Crippen molar-refractivity contribution in [3.05, 3.63) is 75.8 Å². The fraction of sp³-hybridized carbons (Fsp3) is 0.226. The average Bonchev–Trinajstić information content (AvgIpc) is 3.20. The Morgan fingerprint density at radius 2 is 0.937 bits per heavy atom. The van der Waals surface area contributed by atoms with Gasteiger partial charge in [-0.25, -0.2) is 20.0 Å². The molecule has 338 valence electrons. The van der Waals surface area contributed by atoms with Crippen LogP contribution in [-0.4, -0.2) is 118 Å². The first-order valence-electron chi connectivity index (χ1n) is 17.2. The molecule has 2 aromatic rings. The lowest BCUT2D eigenvalue weighted by Gasteiger charge is -2.24. The lowest BCUT2D eigenvalue weighted by Crippen LogP contribution is -2.60. The smallest absolute Gasteiger partial charge is 0.278 e. The first-order chi connectivity index (χ1) is 29.5. The molecule has 0 aromatic heterocycles. The van der Waals surface area contributed by atoms with Crippen LogP contribution in [0, 0.1) is 10.1 Å². The number of aliphatic imine (C=N–C) groups is 5. The number of aliphatic hydroxyl groups excluding tert-OH is 1. The highest BCUT2D eigenvalue weighted by molar-refractivity contribution is 5.99. The molecule has 63 heavy (non-hydrogen) atoms. The van der Waals surface area contributed by atoms with Gasteiger partial charge in [-0.2, -0.15) is 0 Å². The molecule has 27 N–H and O–H groups in total. The molecule has 0 spiro atoms. The molecule has 0 aliphatic carbocycles. The van der Waals surface area contributed by atoms with Crippen molar-refractivity contribution in [2.24, 2.45) is 82.3 Å². The maximum absolute atomic E-state index is 13.7. The van der Waals surface area contributed by atoms with Crippen LogP contribution in [-0.2, 0) is 33.6 Å². The van der Waals surface area contributed by atoms with E-state index in [1.54, 1.807) is 6.07 Å². The third-order valence-electron chi connectivity index (χ3n) is 7.23. The molecule has 7 amide bonds. The summed E-state index contributed by atoms with van der Waals surface area (Å²) in [5.41, 5.74) is 53.4. The maximum atomic E-state index is 13.7. The van der Waals surface area contributed by atoms with Gasteiger partial charge in [0, 0.05) is 12.3 Å². The van der Waals surface area contributed by atoms with Crippen molar-refractivity contribution in [2.75, 3.05) is 0 Å². The van der Waals surface area contributed by atoms with Gasteiger partial charge in [-0.1, -0.05) is 42.5 Å². The van der Waals surface area contributed by atoms with Crippen LogP contribution in [0.25, 0.3) is 0 Å². The Kier molecular flexibility index (Phi) is 18.6. The highest BCUT2D eigenvalue weighted by Gasteiger charge is 2.34. The van der Waals surface area contributed by atoms with E-state index >= 15 is 0 Å².